The zero-order chi connectivity index (χ0) is 25.8. The number of aliphatic carboxylic acids is 1. The maximum absolute atomic E-state index is 14.2. The molecule has 1 heterocycles. The molecule has 1 unspecified atom stereocenters. The summed E-state index contributed by atoms with van der Waals surface area (Å²) in [5.41, 5.74) is -0.617. The van der Waals surface area contributed by atoms with Crippen LogP contribution in [0.5, 0.6) is 0 Å². The van der Waals surface area contributed by atoms with Gasteiger partial charge in [0.15, 0.2) is 23.3 Å². The summed E-state index contributed by atoms with van der Waals surface area (Å²) in [6.45, 7) is 0. The lowest BCUT2D eigenvalue weighted by Gasteiger charge is -2.17. The van der Waals surface area contributed by atoms with Crippen LogP contribution in [0.2, 0.25) is 0 Å². The van der Waals surface area contributed by atoms with Gasteiger partial charge < -0.3 is 10.4 Å². The summed E-state index contributed by atoms with van der Waals surface area (Å²) < 4.78 is 82.6. The second-order valence-corrected chi connectivity index (χ2v) is 10.2. The Morgan fingerprint density at radius 1 is 1.00 bits per heavy atom. The molecule has 0 saturated carbocycles. The highest BCUT2D eigenvalue weighted by Gasteiger charge is 2.29. The number of carboxylic acid groups (broad SMARTS) is 1. The summed E-state index contributed by atoms with van der Waals surface area (Å²) in [4.78, 5) is 12.1. The molecule has 0 spiro atoms. The van der Waals surface area contributed by atoms with E-state index in [9.17, 15) is 35.9 Å². The number of benzene rings is 2. The van der Waals surface area contributed by atoms with Crippen LogP contribution >= 0.6 is 11.3 Å². The molecule has 0 aliphatic carbocycles. The molecule has 0 aliphatic heterocycles. The second-order valence-electron chi connectivity index (χ2n) is 7.14. The average molecular weight is 527 g/mol. The summed E-state index contributed by atoms with van der Waals surface area (Å²) in [6.07, 6.45) is -1.18. The predicted molar refractivity (Wildman–Crippen MR) is 123 cm³/mol. The van der Waals surface area contributed by atoms with Crippen molar-refractivity contribution >= 4 is 33.0 Å². The average Bonchev–Trinajstić information content (AvgIpc) is 3.32. The maximum Gasteiger partial charge on any atom is 0.321 e. The van der Waals surface area contributed by atoms with E-state index in [0.717, 1.165) is 23.9 Å². The van der Waals surface area contributed by atoms with Gasteiger partial charge in [-0.15, -0.1) is 11.3 Å². The minimum atomic E-state index is -4.32. The van der Waals surface area contributed by atoms with Crippen molar-refractivity contribution in [3.05, 3.63) is 81.7 Å². The highest BCUT2D eigenvalue weighted by molar-refractivity contribution is 7.91. The van der Waals surface area contributed by atoms with Crippen LogP contribution in [0.15, 0.2) is 46.7 Å². The number of hydrogen-bond acceptors (Lipinski definition) is 5. The number of thiophene rings is 1. The molecule has 35 heavy (non-hydrogen) atoms. The summed E-state index contributed by atoms with van der Waals surface area (Å²) in [5, 5.41) is 11.7. The molecule has 3 rings (SSSR count). The van der Waals surface area contributed by atoms with Crippen molar-refractivity contribution in [1.29, 1.82) is 0 Å². The number of carbonyl (C=O) groups is 1. The molecule has 3 aromatic rings. The number of sulfonamides is 1. The van der Waals surface area contributed by atoms with Gasteiger partial charge in [-0.1, -0.05) is 30.0 Å². The minimum absolute atomic E-state index is 0.206. The molecule has 184 valence electrons. The van der Waals surface area contributed by atoms with Gasteiger partial charge in [0.1, 0.15) is 10.3 Å². The summed E-state index contributed by atoms with van der Waals surface area (Å²) in [7, 11) is -3.17. The van der Waals surface area contributed by atoms with Crippen molar-refractivity contribution in [1.82, 2.24) is 4.72 Å². The fourth-order valence-electron chi connectivity index (χ4n) is 3.13. The van der Waals surface area contributed by atoms with E-state index in [1.807, 2.05) is 10.8 Å². The van der Waals surface area contributed by atoms with E-state index in [1.165, 1.54) is 12.1 Å². The summed E-state index contributed by atoms with van der Waals surface area (Å²) >= 11 is 0.813. The van der Waals surface area contributed by atoms with Crippen molar-refractivity contribution in [3.8, 4) is 11.8 Å². The number of rotatable bonds is 8. The molecule has 1 atom stereocenters. The number of nitrogens with one attached hydrogen (secondary N) is 2. The zero-order valence-corrected chi connectivity index (χ0v) is 19.7. The molecule has 0 amide bonds. The normalized spacial score (nSPS) is 12.0. The molecule has 0 fully saturated rings. The van der Waals surface area contributed by atoms with Crippen LogP contribution in [0.4, 0.5) is 23.2 Å². The van der Waals surface area contributed by atoms with E-state index in [4.69, 9.17) is 0 Å². The van der Waals surface area contributed by atoms with Gasteiger partial charge in [-0.2, -0.15) is 4.72 Å². The lowest BCUT2D eigenvalue weighted by Crippen LogP contribution is -2.40. The van der Waals surface area contributed by atoms with Crippen LogP contribution in [0.3, 0.4) is 0 Å². The number of hydrogen-bond donors (Lipinski definition) is 3. The highest BCUT2D eigenvalue weighted by Crippen LogP contribution is 2.30. The monoisotopic (exact) mass is 526 g/mol. The van der Waals surface area contributed by atoms with Crippen molar-refractivity contribution < 1.29 is 35.9 Å². The fourth-order valence-corrected chi connectivity index (χ4v) is 5.53. The lowest BCUT2D eigenvalue weighted by molar-refractivity contribution is -0.139. The Hall–Kier alpha value is -3.40. The van der Waals surface area contributed by atoms with E-state index in [-0.39, 0.29) is 4.21 Å². The third-order valence-electron chi connectivity index (χ3n) is 4.84. The first kappa shape index (κ1) is 26.2. The van der Waals surface area contributed by atoms with Gasteiger partial charge >= 0.3 is 5.97 Å². The van der Waals surface area contributed by atoms with Gasteiger partial charge in [0.25, 0.3) is 10.0 Å². The van der Waals surface area contributed by atoms with E-state index in [1.54, 1.807) is 24.3 Å². The Morgan fingerprint density at radius 3 is 2.29 bits per heavy atom. The Labute approximate surface area is 202 Å². The lowest BCUT2D eigenvalue weighted by atomic mass is 10.0. The van der Waals surface area contributed by atoms with Crippen molar-refractivity contribution in [2.45, 2.75) is 23.1 Å². The van der Waals surface area contributed by atoms with E-state index < -0.39 is 69.4 Å². The molecule has 0 aliphatic rings. The summed E-state index contributed by atoms with van der Waals surface area (Å²) in [5.74, 6) is -3.33. The van der Waals surface area contributed by atoms with Crippen LogP contribution in [0, 0.1) is 35.1 Å². The standard InChI is InChI=1S/C23H18F4N2O4S2/c1-28-22-15(18(24)19(25)20(26)21(22)27)10-11-16(23(30)31)29-35(32,33)17-12-9-14(34-17)8-7-13-5-3-2-4-6-13/h2-6,9,12,16,28-29H,10-11H2,1H3,(H,30,31). The summed E-state index contributed by atoms with van der Waals surface area (Å²) in [6, 6.07) is 9.92. The smallest absolute Gasteiger partial charge is 0.321 e. The highest BCUT2D eigenvalue weighted by atomic mass is 32.2. The third kappa shape index (κ3) is 6.00. The van der Waals surface area contributed by atoms with Crippen LogP contribution in [-0.4, -0.2) is 32.6 Å². The molecule has 0 radical (unpaired) electrons. The largest absolute Gasteiger partial charge is 0.480 e. The Morgan fingerprint density at radius 2 is 1.66 bits per heavy atom. The van der Waals surface area contributed by atoms with Gasteiger partial charge in [-0.3, -0.25) is 4.79 Å². The van der Waals surface area contributed by atoms with Crippen molar-refractivity contribution in [2.75, 3.05) is 12.4 Å². The minimum Gasteiger partial charge on any atom is -0.480 e. The van der Waals surface area contributed by atoms with Crippen LogP contribution in [0.25, 0.3) is 0 Å². The van der Waals surface area contributed by atoms with Crippen LogP contribution in [-0.2, 0) is 21.2 Å². The molecule has 12 heteroatoms. The number of anilines is 1. The van der Waals surface area contributed by atoms with Gasteiger partial charge in [0.2, 0.25) is 0 Å². The SMILES string of the molecule is CNc1c(F)c(F)c(F)c(F)c1CCC(NS(=O)(=O)c1ccc(C#Cc2ccccc2)s1)C(=O)O. The first-order valence-electron chi connectivity index (χ1n) is 9.99. The Balaban J connectivity index is 1.79. The van der Waals surface area contributed by atoms with E-state index in [0.29, 0.717) is 4.88 Å². The quantitative estimate of drug-likeness (QED) is 0.178. The maximum atomic E-state index is 14.2. The van der Waals surface area contributed by atoms with Gasteiger partial charge in [-0.25, -0.2) is 26.0 Å². The molecular formula is C23H18F4N2O4S2. The Kier molecular flexibility index (Phi) is 8.16. The topological polar surface area (TPSA) is 95.5 Å². The molecule has 0 saturated heterocycles. The molecule has 6 nitrogen and oxygen atoms in total. The number of carboxylic acids is 1. The first-order valence-corrected chi connectivity index (χ1v) is 12.3. The third-order valence-corrected chi connectivity index (χ3v) is 7.81. The first-order chi connectivity index (χ1) is 16.5. The molecule has 1 aromatic heterocycles. The number of halogens is 4. The zero-order valence-electron chi connectivity index (χ0n) is 18.0. The van der Waals surface area contributed by atoms with Crippen molar-refractivity contribution in [2.24, 2.45) is 0 Å². The predicted octanol–water partition coefficient (Wildman–Crippen LogP) is 4.11. The molecule has 2 aromatic carbocycles. The fraction of sp³-hybridized carbons (Fsp3) is 0.174. The van der Waals surface area contributed by atoms with E-state index >= 15 is 0 Å². The Bertz CT molecular complexity index is 1410. The van der Waals surface area contributed by atoms with Crippen LogP contribution in [0.1, 0.15) is 22.4 Å². The van der Waals surface area contributed by atoms with Gasteiger partial charge in [0, 0.05) is 18.2 Å². The molecular weight excluding hydrogens is 508 g/mol. The molecule has 0 bridgehead atoms. The second kappa shape index (κ2) is 10.9. The van der Waals surface area contributed by atoms with E-state index in [2.05, 4.69) is 17.2 Å². The van der Waals surface area contributed by atoms with Gasteiger partial charge in [0.05, 0.1) is 10.6 Å². The van der Waals surface area contributed by atoms with Gasteiger partial charge in [-0.05, 0) is 37.1 Å². The van der Waals surface area contributed by atoms with Crippen LogP contribution < -0.4 is 10.0 Å². The molecule has 3 N–H and O–H groups in total. The van der Waals surface area contributed by atoms with Crippen molar-refractivity contribution in [3.63, 3.8) is 0 Å².